The minimum Gasteiger partial charge on any atom is -0.413 e. The third-order valence-corrected chi connectivity index (χ3v) is 9.10. The van der Waals surface area contributed by atoms with Crippen molar-refractivity contribution < 1.29 is 35.8 Å². The minimum atomic E-state index is -2.17. The average molecular weight is 391 g/mol. The zero-order chi connectivity index (χ0) is 19.2. The van der Waals surface area contributed by atoms with Gasteiger partial charge in [0.25, 0.3) is 8.32 Å². The molecule has 0 aliphatic heterocycles. The Morgan fingerprint density at radius 3 is 0.739 bits per heavy atom. The molecule has 142 valence electrons. The van der Waals surface area contributed by atoms with E-state index in [1.807, 2.05) is 26.2 Å². The van der Waals surface area contributed by atoms with Gasteiger partial charge in [0.2, 0.25) is 0 Å². The molecule has 0 atom stereocenters. The predicted octanol–water partition coefficient (Wildman–Crippen LogP) is 1.60. The molecule has 0 saturated carbocycles. The van der Waals surface area contributed by atoms with Crippen LogP contribution in [0.15, 0.2) is 0 Å². The standard InChI is InChI=1S/2C4H12O3Si.C4H10O2Si/c2*1-5-8(4,6-2)7-3;1-6-7(2,3)4-5/h2*1-4H3;4H,1-3H3. The highest BCUT2D eigenvalue weighted by molar-refractivity contribution is 6.94. The zero-order valence-electron chi connectivity index (χ0n) is 16.3. The highest BCUT2D eigenvalue weighted by Crippen LogP contribution is 2.03. The summed E-state index contributed by atoms with van der Waals surface area (Å²) in [5.41, 5.74) is 0. The first-order valence-electron chi connectivity index (χ1n) is 6.81. The van der Waals surface area contributed by atoms with Gasteiger partial charge in [0, 0.05) is 62.9 Å². The quantitative estimate of drug-likeness (QED) is 0.456. The van der Waals surface area contributed by atoms with E-state index in [0.29, 0.717) is 0 Å². The maximum absolute atomic E-state index is 9.99. The van der Waals surface area contributed by atoms with E-state index in [0.717, 1.165) is 5.91 Å². The zero-order valence-corrected chi connectivity index (χ0v) is 19.3. The Bertz CT molecular complexity index is 249. The van der Waals surface area contributed by atoms with Crippen molar-refractivity contribution >= 4 is 31.8 Å². The molecule has 0 amide bonds. The topological polar surface area (TPSA) is 81.7 Å². The molecule has 0 bridgehead atoms. The van der Waals surface area contributed by atoms with Gasteiger partial charge in [-0.15, -0.1) is 0 Å². The molecule has 0 heterocycles. The second-order valence-corrected chi connectivity index (χ2v) is 14.6. The Morgan fingerprint density at radius 2 is 0.739 bits per heavy atom. The van der Waals surface area contributed by atoms with Crippen LogP contribution in [0.5, 0.6) is 0 Å². The molecule has 8 nitrogen and oxygen atoms in total. The van der Waals surface area contributed by atoms with Crippen LogP contribution >= 0.6 is 0 Å². The van der Waals surface area contributed by atoms with Gasteiger partial charge in [0.15, 0.2) is 0 Å². The van der Waals surface area contributed by atoms with Gasteiger partial charge in [-0.1, -0.05) is 0 Å². The fraction of sp³-hybridized carbons (Fsp3) is 0.917. The van der Waals surface area contributed by atoms with Gasteiger partial charge in [-0.05, 0) is 13.1 Å². The summed E-state index contributed by atoms with van der Waals surface area (Å²) in [4.78, 5) is 9.99. The van der Waals surface area contributed by atoms with Crippen LogP contribution in [-0.2, 0) is 35.8 Å². The van der Waals surface area contributed by atoms with Crippen LogP contribution in [0, 0.1) is 0 Å². The summed E-state index contributed by atoms with van der Waals surface area (Å²) in [6.45, 7) is 7.35. The minimum absolute atomic E-state index is 0.910. The number of carbonyl (C=O) groups is 1. The van der Waals surface area contributed by atoms with Crippen molar-refractivity contribution in [3.8, 4) is 0 Å². The van der Waals surface area contributed by atoms with E-state index in [-0.39, 0.29) is 0 Å². The van der Waals surface area contributed by atoms with Crippen LogP contribution in [0.2, 0.25) is 26.2 Å². The van der Waals surface area contributed by atoms with Crippen LogP contribution in [0.1, 0.15) is 0 Å². The van der Waals surface area contributed by atoms with E-state index >= 15 is 0 Å². The SMILES string of the molecule is CO[Si](C)(C)C=O.CO[Si](C)(OC)OC.CO[Si](C)(OC)OC. The predicted molar refractivity (Wildman–Crippen MR) is 96.5 cm³/mol. The first-order chi connectivity index (χ1) is 10.5. The van der Waals surface area contributed by atoms with E-state index in [1.54, 1.807) is 49.8 Å². The van der Waals surface area contributed by atoms with Gasteiger partial charge in [0.1, 0.15) is 5.91 Å². The van der Waals surface area contributed by atoms with Crippen molar-refractivity contribution in [1.29, 1.82) is 0 Å². The summed E-state index contributed by atoms with van der Waals surface area (Å²) >= 11 is 0. The number of hydrogen-bond donors (Lipinski definition) is 0. The molecule has 0 fully saturated rings. The lowest BCUT2D eigenvalue weighted by Crippen LogP contribution is -2.38. The van der Waals surface area contributed by atoms with Crippen molar-refractivity contribution in [3.63, 3.8) is 0 Å². The first kappa shape index (κ1) is 27.9. The van der Waals surface area contributed by atoms with Crippen molar-refractivity contribution in [3.05, 3.63) is 0 Å². The Labute approximate surface area is 144 Å². The molecule has 0 aromatic carbocycles. The van der Waals surface area contributed by atoms with Gasteiger partial charge < -0.3 is 35.8 Å². The van der Waals surface area contributed by atoms with E-state index < -0.39 is 25.9 Å². The van der Waals surface area contributed by atoms with E-state index in [1.165, 1.54) is 0 Å². The van der Waals surface area contributed by atoms with Crippen LogP contribution in [0.3, 0.4) is 0 Å². The monoisotopic (exact) mass is 390 g/mol. The first-order valence-corrected chi connectivity index (χ1v) is 14.2. The maximum atomic E-state index is 9.99. The summed E-state index contributed by atoms with van der Waals surface area (Å²) in [6, 6.07) is 0. The molecular formula is C12H34O8Si3. The lowest BCUT2D eigenvalue weighted by atomic mass is 11.7. The molecule has 0 aliphatic carbocycles. The number of rotatable bonds is 8. The lowest BCUT2D eigenvalue weighted by molar-refractivity contribution is 0.131. The molecule has 0 rings (SSSR count). The third kappa shape index (κ3) is 15.3. The molecule has 23 heavy (non-hydrogen) atoms. The third-order valence-electron chi connectivity index (χ3n) is 3.03. The van der Waals surface area contributed by atoms with Gasteiger partial charge >= 0.3 is 17.6 Å². The summed E-state index contributed by atoms with van der Waals surface area (Å²) in [6.07, 6.45) is 0. The smallest absolute Gasteiger partial charge is 0.413 e. The highest BCUT2D eigenvalue weighted by Gasteiger charge is 2.30. The number of hydrogen-bond acceptors (Lipinski definition) is 8. The van der Waals surface area contributed by atoms with Gasteiger partial charge in [-0.25, -0.2) is 0 Å². The molecule has 0 saturated heterocycles. The van der Waals surface area contributed by atoms with Crippen LogP contribution in [-0.4, -0.2) is 81.6 Å². The van der Waals surface area contributed by atoms with Gasteiger partial charge in [-0.3, -0.25) is 0 Å². The maximum Gasteiger partial charge on any atom is 0.496 e. The Balaban J connectivity index is -0.000000262. The second-order valence-electron chi connectivity index (χ2n) is 4.87. The van der Waals surface area contributed by atoms with Crippen molar-refractivity contribution in [2.45, 2.75) is 26.2 Å². The Morgan fingerprint density at radius 1 is 0.522 bits per heavy atom. The number of carbonyl (C=O) groups excluding carboxylic acids is 1. The Kier molecular flexibility index (Phi) is 17.4. The van der Waals surface area contributed by atoms with Crippen molar-refractivity contribution in [2.75, 3.05) is 49.8 Å². The van der Waals surface area contributed by atoms with Crippen molar-refractivity contribution in [2.24, 2.45) is 0 Å². The molecule has 0 radical (unpaired) electrons. The summed E-state index contributed by atoms with van der Waals surface area (Å²) in [5, 5.41) is 0. The summed E-state index contributed by atoms with van der Waals surface area (Å²) < 4.78 is 34.4. The molecule has 0 aromatic heterocycles. The fourth-order valence-electron chi connectivity index (χ4n) is 0.548. The molecule has 0 aliphatic rings. The van der Waals surface area contributed by atoms with Gasteiger partial charge in [-0.2, -0.15) is 0 Å². The fourth-order valence-corrected chi connectivity index (χ4v) is 1.64. The lowest BCUT2D eigenvalue weighted by Gasteiger charge is -2.18. The van der Waals surface area contributed by atoms with Crippen LogP contribution in [0.25, 0.3) is 0 Å². The van der Waals surface area contributed by atoms with Crippen LogP contribution < -0.4 is 0 Å². The normalized spacial score (nSPS) is 11.8. The van der Waals surface area contributed by atoms with Crippen molar-refractivity contribution in [1.82, 2.24) is 0 Å². The summed E-state index contributed by atoms with van der Waals surface area (Å²) in [7, 11) is 4.89. The molecule has 11 heteroatoms. The van der Waals surface area contributed by atoms with Crippen LogP contribution in [0.4, 0.5) is 0 Å². The molecule has 0 spiro atoms. The summed E-state index contributed by atoms with van der Waals surface area (Å²) in [5.74, 6) is 0.910. The molecule has 0 unspecified atom stereocenters. The largest absolute Gasteiger partial charge is 0.496 e. The highest BCUT2D eigenvalue weighted by atomic mass is 28.4. The second kappa shape index (κ2) is 14.4. The van der Waals surface area contributed by atoms with Gasteiger partial charge in [0.05, 0.1) is 0 Å². The Hall–Kier alpha value is 0.0406. The molecule has 0 aromatic rings. The molecule has 0 N–H and O–H groups in total. The average Bonchev–Trinajstić information content (AvgIpc) is 2.61. The van der Waals surface area contributed by atoms with E-state index in [4.69, 9.17) is 31.0 Å². The molecular weight excluding hydrogens is 356 g/mol. The van der Waals surface area contributed by atoms with E-state index in [2.05, 4.69) is 0 Å². The van der Waals surface area contributed by atoms with E-state index in [9.17, 15) is 4.79 Å².